The van der Waals surface area contributed by atoms with Gasteiger partial charge in [-0.05, 0) is 32.6 Å². The number of aromatic nitrogens is 2. The molecule has 5 heteroatoms. The quantitative estimate of drug-likeness (QED) is 0.756. The van der Waals surface area contributed by atoms with E-state index in [2.05, 4.69) is 27.5 Å². The van der Waals surface area contributed by atoms with Gasteiger partial charge in [0.1, 0.15) is 18.2 Å². The summed E-state index contributed by atoms with van der Waals surface area (Å²) in [5, 5.41) is 6.78. The summed E-state index contributed by atoms with van der Waals surface area (Å²) in [6.45, 7) is 6.20. The molecular formula is C14H24N4O. The van der Waals surface area contributed by atoms with Crippen molar-refractivity contribution in [1.29, 1.82) is 0 Å². The van der Waals surface area contributed by atoms with Crippen molar-refractivity contribution in [3.63, 3.8) is 0 Å². The van der Waals surface area contributed by atoms with Crippen LogP contribution >= 0.6 is 0 Å². The van der Waals surface area contributed by atoms with Crippen LogP contribution in [0.15, 0.2) is 6.07 Å². The molecule has 0 bridgehead atoms. The monoisotopic (exact) mass is 264 g/mol. The van der Waals surface area contributed by atoms with E-state index < -0.39 is 0 Å². The van der Waals surface area contributed by atoms with Crippen LogP contribution in [0.5, 0.6) is 0 Å². The zero-order valence-corrected chi connectivity index (χ0v) is 11.9. The van der Waals surface area contributed by atoms with Gasteiger partial charge < -0.3 is 15.4 Å². The maximum absolute atomic E-state index is 5.40. The summed E-state index contributed by atoms with van der Waals surface area (Å²) in [5.41, 5.74) is 0. The molecule has 0 spiro atoms. The molecule has 0 aromatic carbocycles. The molecule has 0 saturated heterocycles. The first-order valence-electron chi connectivity index (χ1n) is 7.28. The van der Waals surface area contributed by atoms with Crippen LogP contribution in [0.25, 0.3) is 0 Å². The molecule has 1 fully saturated rings. The predicted octanol–water partition coefficient (Wildman–Crippen LogP) is 2.80. The van der Waals surface area contributed by atoms with Crippen molar-refractivity contribution in [2.75, 3.05) is 23.8 Å². The second-order valence-electron chi connectivity index (χ2n) is 4.89. The van der Waals surface area contributed by atoms with E-state index in [0.717, 1.165) is 30.4 Å². The van der Waals surface area contributed by atoms with Crippen LogP contribution in [0, 0.1) is 0 Å². The summed E-state index contributed by atoms with van der Waals surface area (Å²) in [4.78, 5) is 8.99. The Labute approximate surface area is 115 Å². The fourth-order valence-electron chi connectivity index (χ4n) is 1.93. The van der Waals surface area contributed by atoms with Crippen LogP contribution in [0.3, 0.4) is 0 Å². The van der Waals surface area contributed by atoms with E-state index in [1.54, 1.807) is 0 Å². The maximum Gasteiger partial charge on any atom is 0.158 e. The Kier molecular flexibility index (Phi) is 5.39. The lowest BCUT2D eigenvalue weighted by molar-refractivity contribution is 0.128. The standard InChI is InChI=1S/C14H24N4O/c1-3-8-15-12-9-13(16-11-6-5-7-11)18-14(17-12)10-19-4-2/h9,11H,3-8,10H2,1-2H3,(H2,15,16,17,18). The second kappa shape index (κ2) is 7.28. The lowest BCUT2D eigenvalue weighted by atomic mass is 9.93. The van der Waals surface area contributed by atoms with Crippen LogP contribution in [0.1, 0.15) is 45.4 Å². The molecule has 106 valence electrons. The van der Waals surface area contributed by atoms with Gasteiger partial charge in [0, 0.05) is 25.3 Å². The number of anilines is 2. The van der Waals surface area contributed by atoms with E-state index >= 15 is 0 Å². The van der Waals surface area contributed by atoms with E-state index in [4.69, 9.17) is 4.74 Å². The summed E-state index contributed by atoms with van der Waals surface area (Å²) in [6, 6.07) is 2.57. The van der Waals surface area contributed by atoms with Crippen LogP contribution in [0.4, 0.5) is 11.6 Å². The molecular weight excluding hydrogens is 240 g/mol. The van der Waals surface area contributed by atoms with Gasteiger partial charge >= 0.3 is 0 Å². The molecule has 1 saturated carbocycles. The van der Waals surface area contributed by atoms with Crippen molar-refractivity contribution < 1.29 is 4.74 Å². The van der Waals surface area contributed by atoms with Gasteiger partial charge in [-0.3, -0.25) is 0 Å². The minimum atomic E-state index is 0.470. The van der Waals surface area contributed by atoms with Gasteiger partial charge in [-0.25, -0.2) is 9.97 Å². The van der Waals surface area contributed by atoms with Gasteiger partial charge in [-0.2, -0.15) is 0 Å². The van der Waals surface area contributed by atoms with Crippen LogP contribution in [-0.4, -0.2) is 29.2 Å². The second-order valence-corrected chi connectivity index (χ2v) is 4.89. The summed E-state index contributed by atoms with van der Waals surface area (Å²) >= 11 is 0. The highest BCUT2D eigenvalue weighted by Crippen LogP contribution is 2.23. The Morgan fingerprint density at radius 3 is 2.68 bits per heavy atom. The SMILES string of the molecule is CCCNc1cc(NC2CCC2)nc(COCC)n1. The lowest BCUT2D eigenvalue weighted by Gasteiger charge is -2.27. The van der Waals surface area contributed by atoms with Crippen LogP contribution in [0.2, 0.25) is 0 Å². The first kappa shape index (κ1) is 14.1. The zero-order valence-electron chi connectivity index (χ0n) is 11.9. The molecule has 1 aliphatic rings. The topological polar surface area (TPSA) is 59.1 Å². The Morgan fingerprint density at radius 2 is 2.05 bits per heavy atom. The molecule has 1 aliphatic carbocycles. The molecule has 2 rings (SSSR count). The van der Waals surface area contributed by atoms with Crippen molar-refractivity contribution in [3.05, 3.63) is 11.9 Å². The third kappa shape index (κ3) is 4.35. The minimum Gasteiger partial charge on any atom is -0.374 e. The summed E-state index contributed by atoms with van der Waals surface area (Å²) in [5.74, 6) is 2.53. The molecule has 1 aromatic heterocycles. The number of nitrogens with one attached hydrogen (secondary N) is 2. The number of hydrogen-bond acceptors (Lipinski definition) is 5. The zero-order chi connectivity index (χ0) is 13.5. The minimum absolute atomic E-state index is 0.470. The van der Waals surface area contributed by atoms with E-state index in [1.807, 2.05) is 13.0 Å². The van der Waals surface area contributed by atoms with Gasteiger partial charge in [0.25, 0.3) is 0 Å². The number of rotatable bonds is 8. The first-order chi connectivity index (χ1) is 9.31. The molecule has 0 aliphatic heterocycles. The summed E-state index contributed by atoms with van der Waals surface area (Å²) < 4.78 is 5.40. The molecule has 19 heavy (non-hydrogen) atoms. The molecule has 0 radical (unpaired) electrons. The van der Waals surface area contributed by atoms with Crippen LogP contribution in [-0.2, 0) is 11.3 Å². The summed E-state index contributed by atoms with van der Waals surface area (Å²) in [6.07, 6.45) is 4.87. The number of ether oxygens (including phenoxy) is 1. The molecule has 5 nitrogen and oxygen atoms in total. The normalized spacial score (nSPS) is 15.1. The van der Waals surface area contributed by atoms with Crippen molar-refractivity contribution >= 4 is 11.6 Å². The number of hydrogen-bond donors (Lipinski definition) is 2. The van der Waals surface area contributed by atoms with Crippen molar-refractivity contribution in [2.45, 2.75) is 52.2 Å². The van der Waals surface area contributed by atoms with Gasteiger partial charge in [0.05, 0.1) is 0 Å². The Morgan fingerprint density at radius 1 is 1.26 bits per heavy atom. The van der Waals surface area contributed by atoms with Gasteiger partial charge in [0.2, 0.25) is 0 Å². The Balaban J connectivity index is 2.05. The third-order valence-corrected chi connectivity index (χ3v) is 3.22. The number of nitrogens with zero attached hydrogens (tertiary/aromatic N) is 2. The van der Waals surface area contributed by atoms with Crippen molar-refractivity contribution in [3.8, 4) is 0 Å². The van der Waals surface area contributed by atoms with Crippen molar-refractivity contribution in [2.24, 2.45) is 0 Å². The predicted molar refractivity (Wildman–Crippen MR) is 77.4 cm³/mol. The average molecular weight is 264 g/mol. The smallest absolute Gasteiger partial charge is 0.158 e. The first-order valence-corrected chi connectivity index (χ1v) is 7.28. The highest BCUT2D eigenvalue weighted by molar-refractivity contribution is 5.48. The molecule has 1 heterocycles. The van der Waals surface area contributed by atoms with E-state index in [9.17, 15) is 0 Å². The largest absolute Gasteiger partial charge is 0.374 e. The lowest BCUT2D eigenvalue weighted by Crippen LogP contribution is -2.27. The third-order valence-electron chi connectivity index (χ3n) is 3.22. The highest BCUT2D eigenvalue weighted by atomic mass is 16.5. The van der Waals surface area contributed by atoms with E-state index in [-0.39, 0.29) is 0 Å². The van der Waals surface area contributed by atoms with Gasteiger partial charge in [0.15, 0.2) is 5.82 Å². The maximum atomic E-state index is 5.40. The fourth-order valence-corrected chi connectivity index (χ4v) is 1.93. The molecule has 0 unspecified atom stereocenters. The van der Waals surface area contributed by atoms with Crippen molar-refractivity contribution in [1.82, 2.24) is 9.97 Å². The Hall–Kier alpha value is -1.36. The summed E-state index contributed by atoms with van der Waals surface area (Å²) in [7, 11) is 0. The van der Waals surface area contributed by atoms with Gasteiger partial charge in [-0.1, -0.05) is 6.92 Å². The molecule has 2 N–H and O–H groups in total. The van der Waals surface area contributed by atoms with E-state index in [0.29, 0.717) is 19.3 Å². The van der Waals surface area contributed by atoms with E-state index in [1.165, 1.54) is 19.3 Å². The molecule has 0 atom stereocenters. The fraction of sp³-hybridized carbons (Fsp3) is 0.714. The molecule has 1 aromatic rings. The Bertz CT molecular complexity index is 367. The highest BCUT2D eigenvalue weighted by Gasteiger charge is 2.18. The van der Waals surface area contributed by atoms with Crippen LogP contribution < -0.4 is 10.6 Å². The van der Waals surface area contributed by atoms with Gasteiger partial charge in [-0.15, -0.1) is 0 Å². The molecule has 0 amide bonds. The average Bonchev–Trinajstić information content (AvgIpc) is 2.38.